The van der Waals surface area contributed by atoms with Gasteiger partial charge in [-0.1, -0.05) is 54.1 Å². The Kier molecular flexibility index (Phi) is 7.43. The zero-order valence-electron chi connectivity index (χ0n) is 19.4. The number of methoxy groups -OCH3 is 1. The van der Waals surface area contributed by atoms with Gasteiger partial charge in [0.1, 0.15) is 12.3 Å². The fourth-order valence-electron chi connectivity index (χ4n) is 3.62. The van der Waals surface area contributed by atoms with E-state index < -0.39 is 21.5 Å². The Morgan fingerprint density at radius 3 is 2.27 bits per heavy atom. The molecular formula is C26H30N2O4S. The van der Waals surface area contributed by atoms with Gasteiger partial charge in [-0.3, -0.25) is 9.10 Å². The number of carbonyl (C=O) groups is 1. The largest absolute Gasteiger partial charge is 0.497 e. The first-order chi connectivity index (χ1) is 15.6. The minimum Gasteiger partial charge on any atom is -0.497 e. The van der Waals surface area contributed by atoms with E-state index >= 15 is 0 Å². The number of nitrogens with zero attached hydrogens (tertiary/aromatic N) is 1. The van der Waals surface area contributed by atoms with Crippen LogP contribution in [0, 0.1) is 6.92 Å². The van der Waals surface area contributed by atoms with Crippen LogP contribution in [-0.4, -0.2) is 33.5 Å². The fraction of sp³-hybridized carbons (Fsp3) is 0.269. The number of hydrogen-bond donors (Lipinski definition) is 1. The van der Waals surface area contributed by atoms with Crippen molar-refractivity contribution in [2.45, 2.75) is 37.6 Å². The van der Waals surface area contributed by atoms with Crippen LogP contribution in [0.5, 0.6) is 5.75 Å². The van der Waals surface area contributed by atoms with E-state index in [1.54, 1.807) is 48.5 Å². The first-order valence-corrected chi connectivity index (χ1v) is 12.1. The maximum atomic E-state index is 13.5. The van der Waals surface area contributed by atoms with Crippen molar-refractivity contribution in [2.75, 3.05) is 18.0 Å². The highest BCUT2D eigenvalue weighted by Gasteiger charge is 2.29. The summed E-state index contributed by atoms with van der Waals surface area (Å²) in [7, 11) is -2.48. The van der Waals surface area contributed by atoms with E-state index in [-0.39, 0.29) is 11.4 Å². The zero-order valence-corrected chi connectivity index (χ0v) is 20.2. The molecule has 1 amide bonds. The average Bonchev–Trinajstić information content (AvgIpc) is 2.77. The van der Waals surface area contributed by atoms with E-state index in [2.05, 4.69) is 5.32 Å². The number of nitrogens with one attached hydrogen (secondary N) is 1. The smallest absolute Gasteiger partial charge is 0.264 e. The normalized spacial score (nSPS) is 11.6. The van der Waals surface area contributed by atoms with E-state index in [1.165, 1.54) is 7.11 Å². The third kappa shape index (κ3) is 6.35. The van der Waals surface area contributed by atoms with Crippen LogP contribution in [0.15, 0.2) is 83.8 Å². The lowest BCUT2D eigenvalue weighted by molar-refractivity contribution is -0.121. The molecule has 6 nitrogen and oxygen atoms in total. The molecule has 0 saturated heterocycles. The molecular weight excluding hydrogens is 436 g/mol. The molecule has 174 valence electrons. The quantitative estimate of drug-likeness (QED) is 0.509. The van der Waals surface area contributed by atoms with E-state index in [4.69, 9.17) is 4.74 Å². The molecule has 0 aliphatic rings. The Labute approximate surface area is 196 Å². The number of ether oxygens (including phenoxy) is 1. The van der Waals surface area contributed by atoms with Gasteiger partial charge < -0.3 is 10.1 Å². The van der Waals surface area contributed by atoms with Gasteiger partial charge in [0.25, 0.3) is 10.0 Å². The molecule has 1 N–H and O–H groups in total. The van der Waals surface area contributed by atoms with Gasteiger partial charge in [-0.25, -0.2) is 8.42 Å². The number of anilines is 1. The number of benzene rings is 3. The van der Waals surface area contributed by atoms with Gasteiger partial charge in [-0.15, -0.1) is 0 Å². The van der Waals surface area contributed by atoms with Gasteiger partial charge in [0, 0.05) is 11.6 Å². The Hall–Kier alpha value is -3.32. The Morgan fingerprint density at radius 1 is 0.970 bits per heavy atom. The molecule has 0 atom stereocenters. The third-order valence-electron chi connectivity index (χ3n) is 5.20. The van der Waals surface area contributed by atoms with Crippen molar-refractivity contribution in [2.24, 2.45) is 0 Å². The van der Waals surface area contributed by atoms with Gasteiger partial charge in [-0.2, -0.15) is 0 Å². The van der Waals surface area contributed by atoms with Crippen molar-refractivity contribution in [3.63, 3.8) is 0 Å². The van der Waals surface area contributed by atoms with Gasteiger partial charge in [0.15, 0.2) is 0 Å². The van der Waals surface area contributed by atoms with Crippen LogP contribution in [0.1, 0.15) is 25.0 Å². The third-order valence-corrected chi connectivity index (χ3v) is 6.99. The standard InChI is InChI=1S/C26H30N2O4S/c1-20-13-15-24(16-14-20)33(30,31)28(22-11-8-12-23(17-22)32-4)19-25(29)27-26(2,3)18-21-9-6-5-7-10-21/h5-17H,18-19H2,1-4H3,(H,27,29). The summed E-state index contributed by atoms with van der Waals surface area (Å²) < 4.78 is 33.5. The average molecular weight is 467 g/mol. The summed E-state index contributed by atoms with van der Waals surface area (Å²) in [6.45, 7) is 5.37. The van der Waals surface area contributed by atoms with Crippen LogP contribution < -0.4 is 14.4 Å². The van der Waals surface area contributed by atoms with Crippen LogP contribution in [0.25, 0.3) is 0 Å². The summed E-state index contributed by atoms with van der Waals surface area (Å²) in [5.41, 5.74) is 1.82. The van der Waals surface area contributed by atoms with Crippen molar-refractivity contribution < 1.29 is 17.9 Å². The Bertz CT molecular complexity index is 1190. The van der Waals surface area contributed by atoms with Gasteiger partial charge in [0.2, 0.25) is 5.91 Å². The van der Waals surface area contributed by atoms with E-state index in [0.717, 1.165) is 15.4 Å². The van der Waals surface area contributed by atoms with Crippen molar-refractivity contribution in [3.8, 4) is 5.75 Å². The Morgan fingerprint density at radius 2 is 1.64 bits per heavy atom. The van der Waals surface area contributed by atoms with Crippen LogP contribution in [0.4, 0.5) is 5.69 Å². The van der Waals surface area contributed by atoms with Crippen molar-refractivity contribution in [3.05, 3.63) is 90.0 Å². The molecule has 0 aliphatic heterocycles. The highest BCUT2D eigenvalue weighted by molar-refractivity contribution is 7.92. The topological polar surface area (TPSA) is 75.7 Å². The van der Waals surface area contributed by atoms with E-state index in [1.807, 2.05) is 51.1 Å². The van der Waals surface area contributed by atoms with E-state index in [9.17, 15) is 13.2 Å². The molecule has 0 heterocycles. The summed E-state index contributed by atoms with van der Waals surface area (Å²) in [4.78, 5) is 13.2. The molecule has 3 rings (SSSR count). The minimum absolute atomic E-state index is 0.118. The number of rotatable bonds is 9. The molecule has 7 heteroatoms. The maximum absolute atomic E-state index is 13.5. The lowest BCUT2D eigenvalue weighted by Crippen LogP contribution is -2.50. The summed E-state index contributed by atoms with van der Waals surface area (Å²) in [5, 5.41) is 2.99. The first-order valence-electron chi connectivity index (χ1n) is 10.7. The molecule has 0 aliphatic carbocycles. The molecule has 3 aromatic rings. The predicted molar refractivity (Wildman–Crippen MR) is 131 cm³/mol. The van der Waals surface area contributed by atoms with Crippen LogP contribution >= 0.6 is 0 Å². The lowest BCUT2D eigenvalue weighted by atomic mass is 9.95. The van der Waals surface area contributed by atoms with Crippen LogP contribution in [-0.2, 0) is 21.2 Å². The molecule has 0 unspecified atom stereocenters. The highest BCUT2D eigenvalue weighted by Crippen LogP contribution is 2.27. The van der Waals surface area contributed by atoms with Crippen molar-refractivity contribution >= 4 is 21.6 Å². The van der Waals surface area contributed by atoms with Crippen LogP contribution in [0.2, 0.25) is 0 Å². The summed E-state index contributed by atoms with van der Waals surface area (Å²) in [6, 6.07) is 23.1. The van der Waals surface area contributed by atoms with Crippen molar-refractivity contribution in [1.82, 2.24) is 5.32 Å². The molecule has 0 bridgehead atoms. The Balaban J connectivity index is 1.89. The van der Waals surface area contributed by atoms with Crippen molar-refractivity contribution in [1.29, 1.82) is 0 Å². The number of hydrogen-bond acceptors (Lipinski definition) is 4. The number of carbonyl (C=O) groups excluding carboxylic acids is 1. The second kappa shape index (κ2) is 10.1. The molecule has 0 fully saturated rings. The number of aryl methyl sites for hydroxylation is 1. The first kappa shape index (κ1) is 24.3. The monoisotopic (exact) mass is 466 g/mol. The maximum Gasteiger partial charge on any atom is 0.264 e. The summed E-state index contributed by atoms with van der Waals surface area (Å²) in [6.07, 6.45) is 0.615. The highest BCUT2D eigenvalue weighted by atomic mass is 32.2. The summed E-state index contributed by atoms with van der Waals surface area (Å²) in [5.74, 6) is 0.107. The molecule has 0 saturated carbocycles. The number of amides is 1. The molecule has 0 aromatic heterocycles. The fourth-order valence-corrected chi connectivity index (χ4v) is 5.03. The minimum atomic E-state index is -3.99. The molecule has 0 spiro atoms. The molecule has 3 aromatic carbocycles. The van der Waals surface area contributed by atoms with Crippen LogP contribution in [0.3, 0.4) is 0 Å². The molecule has 33 heavy (non-hydrogen) atoms. The van der Waals surface area contributed by atoms with Gasteiger partial charge in [0.05, 0.1) is 17.7 Å². The van der Waals surface area contributed by atoms with Gasteiger partial charge >= 0.3 is 0 Å². The SMILES string of the molecule is COc1cccc(N(CC(=O)NC(C)(C)Cc2ccccc2)S(=O)(=O)c2ccc(C)cc2)c1. The lowest BCUT2D eigenvalue weighted by Gasteiger charge is -2.29. The molecule has 0 radical (unpaired) electrons. The van der Waals surface area contributed by atoms with E-state index in [0.29, 0.717) is 17.9 Å². The zero-order chi connectivity index (χ0) is 24.1. The second-order valence-electron chi connectivity index (χ2n) is 8.62. The number of sulfonamides is 1. The summed E-state index contributed by atoms with van der Waals surface area (Å²) >= 11 is 0. The van der Waals surface area contributed by atoms with Gasteiger partial charge in [-0.05, 0) is 57.0 Å². The second-order valence-corrected chi connectivity index (χ2v) is 10.5. The predicted octanol–water partition coefficient (Wildman–Crippen LogP) is 4.34.